The van der Waals surface area contributed by atoms with Crippen LogP contribution in [0.5, 0.6) is 0 Å². The first-order valence-corrected chi connectivity index (χ1v) is 5.85. The molecule has 1 nitrogen and oxygen atoms in total. The highest BCUT2D eigenvalue weighted by Gasteiger charge is 2.21. The van der Waals surface area contributed by atoms with Crippen LogP contribution in [0.15, 0.2) is 0 Å². The predicted octanol–water partition coefficient (Wildman–Crippen LogP) is 4.26. The number of hydrogen-bond donors (Lipinski definition) is 0. The van der Waals surface area contributed by atoms with Crippen LogP contribution in [0.2, 0.25) is 0 Å². The summed E-state index contributed by atoms with van der Waals surface area (Å²) >= 11 is 0. The van der Waals surface area contributed by atoms with Crippen molar-refractivity contribution in [2.45, 2.75) is 73.5 Å². The first kappa shape index (κ1) is 15.4. The Labute approximate surface area is 84.9 Å². The van der Waals surface area contributed by atoms with Gasteiger partial charge in [0.2, 0.25) is 0 Å². The van der Waals surface area contributed by atoms with Crippen molar-refractivity contribution in [1.82, 2.24) is 0 Å². The standard InChI is InChI=1S/C8H16O.2C2H6/c1-6-4-5-7(2)9-8(6)3;2*1-2/h6-8H,4-5H2,1-3H3;2*1-2H3/t6-,7-,8?;;/m1../s1. The summed E-state index contributed by atoms with van der Waals surface area (Å²) in [6.45, 7) is 14.6. The first-order chi connectivity index (χ1) is 6.20. The number of hydrogen-bond acceptors (Lipinski definition) is 1. The van der Waals surface area contributed by atoms with Crippen LogP contribution >= 0.6 is 0 Å². The molecule has 0 N–H and O–H groups in total. The maximum Gasteiger partial charge on any atom is 0.0576 e. The third-order valence-electron chi connectivity index (χ3n) is 2.28. The normalized spacial score (nSPS) is 32.1. The second kappa shape index (κ2) is 10.0. The molecule has 1 aliphatic rings. The second-order valence-corrected chi connectivity index (χ2v) is 3.21. The molecule has 3 atom stereocenters. The molecule has 0 saturated carbocycles. The fraction of sp³-hybridized carbons (Fsp3) is 1.00. The van der Waals surface area contributed by atoms with Crippen molar-refractivity contribution in [2.75, 3.05) is 0 Å². The summed E-state index contributed by atoms with van der Waals surface area (Å²) in [6, 6.07) is 0. The largest absolute Gasteiger partial charge is 0.375 e. The maximum atomic E-state index is 5.60. The zero-order valence-corrected chi connectivity index (χ0v) is 10.6. The van der Waals surface area contributed by atoms with E-state index in [4.69, 9.17) is 4.74 Å². The lowest BCUT2D eigenvalue weighted by atomic mass is 9.95. The third kappa shape index (κ3) is 7.06. The van der Waals surface area contributed by atoms with E-state index in [9.17, 15) is 0 Å². The van der Waals surface area contributed by atoms with Crippen LogP contribution in [-0.2, 0) is 4.74 Å². The Morgan fingerprint density at radius 3 is 1.62 bits per heavy atom. The fourth-order valence-electron chi connectivity index (χ4n) is 1.30. The first-order valence-electron chi connectivity index (χ1n) is 5.85. The lowest BCUT2D eigenvalue weighted by molar-refractivity contribution is -0.0594. The van der Waals surface area contributed by atoms with E-state index in [0.717, 1.165) is 5.92 Å². The minimum Gasteiger partial charge on any atom is -0.375 e. The van der Waals surface area contributed by atoms with Crippen LogP contribution in [0.25, 0.3) is 0 Å². The zero-order chi connectivity index (χ0) is 10.9. The Morgan fingerprint density at radius 1 is 0.846 bits per heavy atom. The number of ether oxygens (including phenoxy) is 1. The van der Waals surface area contributed by atoms with Gasteiger partial charge < -0.3 is 4.74 Å². The molecule has 0 aromatic rings. The molecule has 0 radical (unpaired) electrons. The van der Waals surface area contributed by atoms with Crippen molar-refractivity contribution in [1.29, 1.82) is 0 Å². The minimum absolute atomic E-state index is 0.480. The van der Waals surface area contributed by atoms with Crippen molar-refractivity contribution < 1.29 is 4.74 Å². The van der Waals surface area contributed by atoms with Gasteiger partial charge >= 0.3 is 0 Å². The Balaban J connectivity index is 0. The van der Waals surface area contributed by atoms with Crippen molar-refractivity contribution in [3.8, 4) is 0 Å². The van der Waals surface area contributed by atoms with E-state index >= 15 is 0 Å². The molecule has 0 aliphatic carbocycles. The van der Waals surface area contributed by atoms with E-state index in [-0.39, 0.29) is 0 Å². The molecule has 1 heterocycles. The van der Waals surface area contributed by atoms with Gasteiger partial charge in [0, 0.05) is 0 Å². The summed E-state index contributed by atoms with van der Waals surface area (Å²) in [7, 11) is 0. The molecule has 0 amide bonds. The molecule has 1 saturated heterocycles. The molecular formula is C12H28O. The number of rotatable bonds is 0. The van der Waals surface area contributed by atoms with E-state index in [1.807, 2.05) is 27.7 Å². The highest BCUT2D eigenvalue weighted by molar-refractivity contribution is 4.70. The van der Waals surface area contributed by atoms with Gasteiger partial charge in [0.05, 0.1) is 12.2 Å². The molecule has 0 aromatic heterocycles. The van der Waals surface area contributed by atoms with E-state index in [1.54, 1.807) is 0 Å². The van der Waals surface area contributed by atoms with Crippen LogP contribution in [0.3, 0.4) is 0 Å². The third-order valence-corrected chi connectivity index (χ3v) is 2.28. The van der Waals surface area contributed by atoms with Crippen LogP contribution in [-0.4, -0.2) is 12.2 Å². The highest BCUT2D eigenvalue weighted by atomic mass is 16.5. The van der Waals surface area contributed by atoms with Gasteiger partial charge in [0.25, 0.3) is 0 Å². The Kier molecular flexibility index (Phi) is 11.9. The molecule has 82 valence electrons. The molecule has 0 spiro atoms. The summed E-state index contributed by atoms with van der Waals surface area (Å²) < 4.78 is 5.60. The van der Waals surface area contributed by atoms with Gasteiger partial charge in [-0.05, 0) is 32.6 Å². The molecular weight excluding hydrogens is 160 g/mol. The average Bonchev–Trinajstić information content (AvgIpc) is 2.18. The average molecular weight is 188 g/mol. The second-order valence-electron chi connectivity index (χ2n) is 3.21. The van der Waals surface area contributed by atoms with Gasteiger partial charge in [-0.15, -0.1) is 0 Å². The topological polar surface area (TPSA) is 9.23 Å². The Morgan fingerprint density at radius 2 is 1.31 bits per heavy atom. The van der Waals surface area contributed by atoms with Crippen LogP contribution in [0.1, 0.15) is 61.3 Å². The maximum absolute atomic E-state index is 5.60. The van der Waals surface area contributed by atoms with Crippen molar-refractivity contribution in [3.05, 3.63) is 0 Å². The summed E-state index contributed by atoms with van der Waals surface area (Å²) in [5.41, 5.74) is 0. The van der Waals surface area contributed by atoms with E-state index in [0.29, 0.717) is 12.2 Å². The van der Waals surface area contributed by atoms with Gasteiger partial charge in [0.15, 0.2) is 0 Å². The zero-order valence-electron chi connectivity index (χ0n) is 10.6. The summed E-state index contributed by atoms with van der Waals surface area (Å²) in [5, 5.41) is 0. The van der Waals surface area contributed by atoms with Gasteiger partial charge in [-0.25, -0.2) is 0 Å². The van der Waals surface area contributed by atoms with Gasteiger partial charge in [-0.2, -0.15) is 0 Å². The Bertz CT molecular complexity index is 91.1. The highest BCUT2D eigenvalue weighted by Crippen LogP contribution is 2.23. The van der Waals surface area contributed by atoms with Crippen LogP contribution in [0.4, 0.5) is 0 Å². The quantitative estimate of drug-likeness (QED) is 0.552. The molecule has 0 aromatic carbocycles. The van der Waals surface area contributed by atoms with Crippen molar-refractivity contribution in [2.24, 2.45) is 5.92 Å². The fourth-order valence-corrected chi connectivity index (χ4v) is 1.30. The van der Waals surface area contributed by atoms with Crippen LogP contribution < -0.4 is 0 Å². The van der Waals surface area contributed by atoms with Gasteiger partial charge in [-0.3, -0.25) is 0 Å². The molecule has 1 rings (SSSR count). The van der Waals surface area contributed by atoms with Crippen molar-refractivity contribution >= 4 is 0 Å². The smallest absolute Gasteiger partial charge is 0.0576 e. The van der Waals surface area contributed by atoms with Gasteiger partial charge in [-0.1, -0.05) is 34.6 Å². The predicted molar refractivity (Wildman–Crippen MR) is 61.1 cm³/mol. The SMILES string of the molecule is CC.CC.CC1O[C@H](C)CC[C@H]1C. The van der Waals surface area contributed by atoms with E-state index in [2.05, 4.69) is 20.8 Å². The molecule has 1 aliphatic heterocycles. The summed E-state index contributed by atoms with van der Waals surface area (Å²) in [5.74, 6) is 0.765. The van der Waals surface area contributed by atoms with Gasteiger partial charge in [0.1, 0.15) is 0 Å². The summed E-state index contributed by atoms with van der Waals surface area (Å²) in [6.07, 6.45) is 3.55. The molecule has 1 unspecified atom stereocenters. The molecule has 0 bridgehead atoms. The van der Waals surface area contributed by atoms with E-state index < -0.39 is 0 Å². The van der Waals surface area contributed by atoms with Crippen molar-refractivity contribution in [3.63, 3.8) is 0 Å². The van der Waals surface area contributed by atoms with Crippen LogP contribution in [0, 0.1) is 5.92 Å². The minimum atomic E-state index is 0.480. The molecule has 13 heavy (non-hydrogen) atoms. The lowest BCUT2D eigenvalue weighted by Gasteiger charge is -2.30. The molecule has 1 fully saturated rings. The summed E-state index contributed by atoms with van der Waals surface area (Å²) in [4.78, 5) is 0. The van der Waals surface area contributed by atoms with E-state index in [1.165, 1.54) is 12.8 Å². The monoisotopic (exact) mass is 188 g/mol. The molecule has 1 heteroatoms. The Hall–Kier alpha value is -0.0400. The lowest BCUT2D eigenvalue weighted by Crippen LogP contribution is -2.29.